The molecule has 0 saturated heterocycles. The number of hydrogen-bond acceptors (Lipinski definition) is 4. The van der Waals surface area contributed by atoms with Crippen LogP contribution in [-0.4, -0.2) is 40.6 Å². The van der Waals surface area contributed by atoms with E-state index >= 15 is 0 Å². The van der Waals surface area contributed by atoms with Crippen molar-refractivity contribution >= 4 is 0 Å². The van der Waals surface area contributed by atoms with E-state index in [2.05, 4.69) is 72.7 Å². The van der Waals surface area contributed by atoms with E-state index in [0.717, 1.165) is 24.2 Å². The summed E-state index contributed by atoms with van der Waals surface area (Å²) in [5.41, 5.74) is 3.87. The van der Waals surface area contributed by atoms with E-state index < -0.39 is 0 Å². The minimum atomic E-state index is 0.159. The van der Waals surface area contributed by atoms with Gasteiger partial charge in [0.2, 0.25) is 0 Å². The lowest BCUT2D eigenvalue weighted by atomic mass is 9.69. The fourth-order valence-electron chi connectivity index (χ4n) is 4.41. The van der Waals surface area contributed by atoms with Gasteiger partial charge in [-0.1, -0.05) is 60.6 Å². The molecule has 0 aromatic heterocycles. The molecule has 4 heteroatoms. The van der Waals surface area contributed by atoms with Crippen molar-refractivity contribution in [1.29, 1.82) is 0 Å². The molecule has 1 aliphatic rings. The van der Waals surface area contributed by atoms with E-state index in [4.69, 9.17) is 18.9 Å². The average Bonchev–Trinajstić information content (AvgIpc) is 2.70. The third-order valence-electron chi connectivity index (χ3n) is 5.85. The van der Waals surface area contributed by atoms with Gasteiger partial charge in [-0.3, -0.25) is 0 Å². The molecule has 0 spiro atoms. The highest BCUT2D eigenvalue weighted by Gasteiger charge is 2.30. The van der Waals surface area contributed by atoms with Crippen molar-refractivity contribution in [2.75, 3.05) is 40.6 Å². The predicted octanol–water partition coefficient (Wildman–Crippen LogP) is 6.76. The maximum atomic E-state index is 6.15. The molecule has 184 valence electrons. The molecular formula is C29H44O4. The van der Waals surface area contributed by atoms with Gasteiger partial charge in [0.1, 0.15) is 19.0 Å². The topological polar surface area (TPSA) is 36.9 Å². The molecule has 0 aliphatic heterocycles. The predicted molar refractivity (Wildman–Crippen MR) is 134 cm³/mol. The van der Waals surface area contributed by atoms with Crippen LogP contribution in [0.3, 0.4) is 0 Å². The average molecular weight is 457 g/mol. The summed E-state index contributed by atoms with van der Waals surface area (Å²) in [6, 6.07) is 10.7. The quantitative estimate of drug-likeness (QED) is 0.345. The molecule has 33 heavy (non-hydrogen) atoms. The Morgan fingerprint density at radius 1 is 0.939 bits per heavy atom. The van der Waals surface area contributed by atoms with Crippen LogP contribution in [0, 0.1) is 28.9 Å². The molecule has 1 aliphatic carbocycles. The van der Waals surface area contributed by atoms with Crippen molar-refractivity contribution in [2.45, 2.75) is 67.2 Å². The number of methoxy groups -OCH3 is 2. The third kappa shape index (κ3) is 8.72. The molecule has 2 rings (SSSR count). The van der Waals surface area contributed by atoms with Crippen molar-refractivity contribution in [2.24, 2.45) is 16.7 Å². The Bertz CT molecular complexity index is 790. The molecule has 2 atom stereocenters. The minimum Gasteiger partial charge on any atom is -0.490 e. The van der Waals surface area contributed by atoms with Gasteiger partial charge < -0.3 is 18.9 Å². The smallest absolute Gasteiger partial charge is 0.170 e. The number of rotatable bonds is 11. The highest BCUT2D eigenvalue weighted by atomic mass is 16.5. The molecule has 4 nitrogen and oxygen atoms in total. The third-order valence-corrected chi connectivity index (χ3v) is 5.85. The monoisotopic (exact) mass is 456 g/mol. The van der Waals surface area contributed by atoms with E-state index in [0.29, 0.717) is 44.0 Å². The summed E-state index contributed by atoms with van der Waals surface area (Å²) in [6.45, 7) is 17.9. The maximum Gasteiger partial charge on any atom is 0.170 e. The fraction of sp³-hybridized carbons (Fsp3) is 0.655. The lowest BCUT2D eigenvalue weighted by Crippen LogP contribution is -2.23. The van der Waals surface area contributed by atoms with Gasteiger partial charge in [-0.2, -0.15) is 0 Å². The molecule has 0 amide bonds. The Hall–Kier alpha value is -1.96. The summed E-state index contributed by atoms with van der Waals surface area (Å²) >= 11 is 0. The van der Waals surface area contributed by atoms with Gasteiger partial charge in [0.05, 0.1) is 13.2 Å². The molecule has 0 saturated carbocycles. The van der Waals surface area contributed by atoms with Crippen LogP contribution in [0.5, 0.6) is 5.75 Å². The Labute approximate surface area is 202 Å². The van der Waals surface area contributed by atoms with Gasteiger partial charge in [0.25, 0.3) is 0 Å². The van der Waals surface area contributed by atoms with Gasteiger partial charge in [-0.25, -0.2) is 0 Å². The van der Waals surface area contributed by atoms with Crippen molar-refractivity contribution in [3.05, 3.63) is 52.8 Å². The van der Waals surface area contributed by atoms with Gasteiger partial charge in [-0.05, 0) is 59.3 Å². The molecule has 2 unspecified atom stereocenters. The number of ether oxygens (including phenoxy) is 4. The van der Waals surface area contributed by atoms with Crippen LogP contribution in [0.25, 0.3) is 0 Å². The molecular weight excluding hydrogens is 412 g/mol. The van der Waals surface area contributed by atoms with Crippen LogP contribution in [0.4, 0.5) is 0 Å². The van der Waals surface area contributed by atoms with Crippen LogP contribution in [0.1, 0.15) is 72.8 Å². The zero-order valence-corrected chi connectivity index (χ0v) is 22.3. The first-order chi connectivity index (χ1) is 15.4. The molecule has 0 heterocycles. The van der Waals surface area contributed by atoms with E-state index in [1.54, 1.807) is 14.2 Å². The molecule has 0 radical (unpaired) electrons. The van der Waals surface area contributed by atoms with Crippen molar-refractivity contribution in [3.8, 4) is 5.75 Å². The Kier molecular flexibility index (Phi) is 9.88. The van der Waals surface area contributed by atoms with Gasteiger partial charge in [-0.15, -0.1) is 0 Å². The normalized spacial score (nSPS) is 18.0. The van der Waals surface area contributed by atoms with Crippen LogP contribution in [0.15, 0.2) is 35.1 Å². The lowest BCUT2D eigenvalue weighted by molar-refractivity contribution is 0.140. The summed E-state index contributed by atoms with van der Waals surface area (Å²) in [7, 11) is 3.42. The molecule has 1 aromatic rings. The second kappa shape index (κ2) is 12.0. The molecule has 0 bridgehead atoms. The van der Waals surface area contributed by atoms with Crippen molar-refractivity contribution < 1.29 is 18.9 Å². The van der Waals surface area contributed by atoms with E-state index in [-0.39, 0.29) is 10.8 Å². The minimum absolute atomic E-state index is 0.159. The standard InChI is InChI=1S/C29H44O4/c1-21-16-23(19-30-8)27(24(17-21)20-31-9)33-15-14-32-25-12-10-22(11-13-25)26(29(5,6)7)18-28(2,3)4/h10,12,16,21,26H,14-15,17-20H2,1-9H3. The Morgan fingerprint density at radius 3 is 2.15 bits per heavy atom. The van der Waals surface area contributed by atoms with Crippen molar-refractivity contribution in [3.63, 3.8) is 0 Å². The summed E-state index contributed by atoms with van der Waals surface area (Å²) < 4.78 is 22.8. The van der Waals surface area contributed by atoms with E-state index in [1.807, 2.05) is 6.07 Å². The Morgan fingerprint density at radius 2 is 1.61 bits per heavy atom. The number of allylic oxidation sites excluding steroid dienone is 1. The summed E-state index contributed by atoms with van der Waals surface area (Å²) in [6.07, 6.45) is 4.26. The summed E-state index contributed by atoms with van der Waals surface area (Å²) in [5, 5.41) is 0. The summed E-state index contributed by atoms with van der Waals surface area (Å²) in [5.74, 6) is 2.45. The second-order valence-corrected chi connectivity index (χ2v) is 11.5. The van der Waals surface area contributed by atoms with Gasteiger partial charge >= 0.3 is 0 Å². The zero-order valence-electron chi connectivity index (χ0n) is 22.3. The largest absolute Gasteiger partial charge is 0.490 e. The van der Waals surface area contributed by atoms with E-state index in [1.165, 1.54) is 11.1 Å². The Balaban J connectivity index is 1.99. The first-order valence-electron chi connectivity index (χ1n) is 12.0. The highest BCUT2D eigenvalue weighted by molar-refractivity contribution is 5.36. The first-order valence-corrected chi connectivity index (χ1v) is 12.0. The molecule has 1 aromatic carbocycles. The summed E-state index contributed by atoms with van der Waals surface area (Å²) in [4.78, 5) is 0. The van der Waals surface area contributed by atoms with Crippen molar-refractivity contribution in [1.82, 2.24) is 0 Å². The fourth-order valence-corrected chi connectivity index (χ4v) is 4.41. The van der Waals surface area contributed by atoms with Crippen LogP contribution < -0.4 is 4.74 Å². The van der Waals surface area contributed by atoms with Gasteiger partial charge in [0, 0.05) is 25.4 Å². The van der Waals surface area contributed by atoms with Gasteiger partial charge in [0.15, 0.2) is 5.75 Å². The first kappa shape index (κ1) is 27.3. The van der Waals surface area contributed by atoms with Crippen LogP contribution in [0.2, 0.25) is 0 Å². The van der Waals surface area contributed by atoms with Crippen LogP contribution >= 0.6 is 0 Å². The zero-order chi connectivity index (χ0) is 24.6. The molecule has 0 N–H and O–H groups in total. The second-order valence-electron chi connectivity index (χ2n) is 11.5. The SMILES string of the molecule is COCC1=CC(C)CC(COC)=C1OCCOc1c#cc(C(CC(C)(C)C)C(C)(C)C)cc1. The van der Waals surface area contributed by atoms with E-state index in [9.17, 15) is 0 Å². The van der Waals surface area contributed by atoms with Crippen LogP contribution in [-0.2, 0) is 14.2 Å². The highest BCUT2D eigenvalue weighted by Crippen LogP contribution is 2.42. The molecule has 0 fully saturated rings. The number of hydrogen-bond donors (Lipinski definition) is 0. The lowest BCUT2D eigenvalue weighted by Gasteiger charge is -2.35. The maximum absolute atomic E-state index is 6.15.